The number of ketones is 1. The summed E-state index contributed by atoms with van der Waals surface area (Å²) in [4.78, 5) is 16.7. The van der Waals surface area contributed by atoms with Gasteiger partial charge in [-0.1, -0.05) is 6.92 Å². The summed E-state index contributed by atoms with van der Waals surface area (Å²) in [5.74, 6) is 2.65. The van der Waals surface area contributed by atoms with Gasteiger partial charge in [0.15, 0.2) is 5.78 Å². The number of hydrogen-bond donors (Lipinski definition) is 0. The van der Waals surface area contributed by atoms with Crippen LogP contribution >= 0.6 is 34.9 Å². The zero-order chi connectivity index (χ0) is 12.3. The molecule has 2 rings (SSSR count). The summed E-state index contributed by atoms with van der Waals surface area (Å²) in [6.07, 6.45) is 1.61. The molecule has 5 heteroatoms. The first-order valence-corrected chi connectivity index (χ1v) is 8.85. The topological polar surface area (TPSA) is 30.0 Å². The lowest BCUT2D eigenvalue weighted by Gasteiger charge is -2.28. The highest BCUT2D eigenvalue weighted by molar-refractivity contribution is 8.07. The maximum absolute atomic E-state index is 12.3. The van der Waals surface area contributed by atoms with E-state index in [2.05, 4.69) is 11.9 Å². The van der Waals surface area contributed by atoms with Gasteiger partial charge in [0.1, 0.15) is 5.01 Å². The molecule has 0 saturated carbocycles. The number of Topliss-reactive ketones (excluding diaryl/α,β-unsaturated/α-hetero) is 1. The van der Waals surface area contributed by atoms with Gasteiger partial charge in [0.25, 0.3) is 0 Å². The second kappa shape index (κ2) is 6.25. The summed E-state index contributed by atoms with van der Waals surface area (Å²) >= 11 is 5.40. The summed E-state index contributed by atoms with van der Waals surface area (Å²) in [5, 5.41) is 3.67. The van der Waals surface area contributed by atoms with Gasteiger partial charge in [0.05, 0.1) is 11.7 Å². The van der Waals surface area contributed by atoms with Crippen LogP contribution in [-0.2, 0) is 11.2 Å². The number of thioether (sulfide) groups is 2. The zero-order valence-electron chi connectivity index (χ0n) is 10.1. The van der Waals surface area contributed by atoms with E-state index in [-0.39, 0.29) is 5.25 Å². The van der Waals surface area contributed by atoms with Crippen LogP contribution < -0.4 is 0 Å². The van der Waals surface area contributed by atoms with E-state index in [9.17, 15) is 4.79 Å². The third-order valence-corrected chi connectivity index (χ3v) is 7.02. The molecule has 1 saturated heterocycles. The van der Waals surface area contributed by atoms with Gasteiger partial charge in [-0.15, -0.1) is 23.1 Å². The predicted molar refractivity (Wildman–Crippen MR) is 78.3 cm³/mol. The van der Waals surface area contributed by atoms with Crippen LogP contribution in [0.4, 0.5) is 0 Å². The van der Waals surface area contributed by atoms with Crippen molar-refractivity contribution in [2.75, 3.05) is 11.5 Å². The van der Waals surface area contributed by atoms with Gasteiger partial charge < -0.3 is 0 Å². The molecule has 0 amide bonds. The summed E-state index contributed by atoms with van der Waals surface area (Å²) < 4.78 is 0. The van der Waals surface area contributed by atoms with Gasteiger partial charge in [-0.2, -0.15) is 11.8 Å². The lowest BCUT2D eigenvalue weighted by atomic mass is 10.1. The van der Waals surface area contributed by atoms with E-state index in [1.807, 2.05) is 35.8 Å². The van der Waals surface area contributed by atoms with Crippen molar-refractivity contribution in [2.24, 2.45) is 0 Å². The first-order chi connectivity index (χ1) is 8.20. The van der Waals surface area contributed by atoms with Crippen molar-refractivity contribution in [1.82, 2.24) is 4.98 Å². The molecule has 1 aromatic heterocycles. The van der Waals surface area contributed by atoms with Gasteiger partial charge in [-0.05, 0) is 13.3 Å². The van der Waals surface area contributed by atoms with Crippen molar-refractivity contribution < 1.29 is 4.79 Å². The second-order valence-corrected chi connectivity index (χ2v) is 7.67. The van der Waals surface area contributed by atoms with Crippen LogP contribution in [0.15, 0.2) is 5.38 Å². The molecule has 0 aliphatic carbocycles. The van der Waals surface area contributed by atoms with Crippen molar-refractivity contribution in [3.05, 3.63) is 16.1 Å². The van der Waals surface area contributed by atoms with E-state index in [1.165, 1.54) is 5.75 Å². The Morgan fingerprint density at radius 1 is 1.47 bits per heavy atom. The van der Waals surface area contributed by atoms with Gasteiger partial charge in [0, 0.05) is 27.8 Å². The van der Waals surface area contributed by atoms with Crippen molar-refractivity contribution in [1.29, 1.82) is 0 Å². The molecule has 0 radical (unpaired) electrons. The SMILES string of the molecule is CCC1SCCSC1C(=O)Cc1nc(C)cs1. The average molecular weight is 287 g/mol. The fraction of sp³-hybridized carbons (Fsp3) is 0.667. The largest absolute Gasteiger partial charge is 0.298 e. The van der Waals surface area contributed by atoms with Crippen molar-refractivity contribution in [3.63, 3.8) is 0 Å². The van der Waals surface area contributed by atoms with Crippen LogP contribution in [0.5, 0.6) is 0 Å². The first-order valence-electron chi connectivity index (χ1n) is 5.87. The molecule has 0 N–H and O–H groups in total. The van der Waals surface area contributed by atoms with Crippen LogP contribution in [0.1, 0.15) is 24.0 Å². The normalized spacial score (nSPS) is 24.8. The molecule has 1 aromatic rings. The monoisotopic (exact) mass is 287 g/mol. The summed E-state index contributed by atoms with van der Waals surface area (Å²) in [7, 11) is 0. The van der Waals surface area contributed by atoms with Crippen molar-refractivity contribution in [3.8, 4) is 0 Å². The van der Waals surface area contributed by atoms with Crippen LogP contribution in [0.3, 0.4) is 0 Å². The number of rotatable bonds is 4. The Balaban J connectivity index is 1.98. The summed E-state index contributed by atoms with van der Waals surface area (Å²) in [5.41, 5.74) is 1.02. The molecule has 2 atom stereocenters. The molecule has 17 heavy (non-hydrogen) atoms. The zero-order valence-corrected chi connectivity index (χ0v) is 12.6. The first kappa shape index (κ1) is 13.4. The molecule has 1 fully saturated rings. The Hall–Kier alpha value is -0.0000000000000000833. The van der Waals surface area contributed by atoms with Crippen molar-refractivity contribution in [2.45, 2.75) is 37.2 Å². The Labute approximate surface area is 115 Å². The molecule has 2 unspecified atom stereocenters. The van der Waals surface area contributed by atoms with Crippen molar-refractivity contribution >= 4 is 40.6 Å². The fourth-order valence-electron chi connectivity index (χ4n) is 1.94. The highest BCUT2D eigenvalue weighted by Crippen LogP contribution is 2.34. The molecule has 1 aliphatic heterocycles. The average Bonchev–Trinajstić information content (AvgIpc) is 2.74. The highest BCUT2D eigenvalue weighted by atomic mass is 32.2. The molecule has 0 aromatic carbocycles. The number of aromatic nitrogens is 1. The quantitative estimate of drug-likeness (QED) is 0.851. The van der Waals surface area contributed by atoms with E-state index in [4.69, 9.17) is 0 Å². The van der Waals surface area contributed by atoms with E-state index in [1.54, 1.807) is 11.3 Å². The van der Waals surface area contributed by atoms with Gasteiger partial charge in [-0.25, -0.2) is 4.98 Å². The Morgan fingerprint density at radius 2 is 2.24 bits per heavy atom. The van der Waals surface area contributed by atoms with Crippen LogP contribution in [-0.4, -0.2) is 32.8 Å². The number of hydrogen-bond acceptors (Lipinski definition) is 5. The van der Waals surface area contributed by atoms with Crippen LogP contribution in [0.2, 0.25) is 0 Å². The summed E-state index contributed by atoms with van der Waals surface area (Å²) in [6, 6.07) is 0. The third kappa shape index (κ3) is 3.48. The van der Waals surface area contributed by atoms with E-state index in [0.717, 1.165) is 22.9 Å². The number of carbonyl (C=O) groups is 1. The standard InChI is InChI=1S/C12H17NOS3/c1-3-10-12(16-5-4-15-10)9(14)6-11-13-8(2)7-17-11/h7,10,12H,3-6H2,1-2H3. The lowest BCUT2D eigenvalue weighted by Crippen LogP contribution is -2.33. The smallest absolute Gasteiger partial charge is 0.153 e. The maximum Gasteiger partial charge on any atom is 0.153 e. The Kier molecular flexibility index (Phi) is 4.94. The Bertz CT molecular complexity index is 391. The molecule has 2 nitrogen and oxygen atoms in total. The predicted octanol–water partition coefficient (Wildman–Crippen LogP) is 3.19. The minimum absolute atomic E-state index is 0.183. The fourth-order valence-corrected chi connectivity index (χ4v) is 5.75. The maximum atomic E-state index is 12.3. The Morgan fingerprint density at radius 3 is 2.88 bits per heavy atom. The van der Waals surface area contributed by atoms with Gasteiger partial charge in [-0.3, -0.25) is 4.79 Å². The lowest BCUT2D eigenvalue weighted by molar-refractivity contribution is -0.117. The van der Waals surface area contributed by atoms with Crippen LogP contribution in [0, 0.1) is 6.92 Å². The molecule has 0 bridgehead atoms. The molecule has 94 valence electrons. The van der Waals surface area contributed by atoms with Gasteiger partial charge >= 0.3 is 0 Å². The molecular formula is C12H17NOS3. The van der Waals surface area contributed by atoms with Crippen LogP contribution in [0.25, 0.3) is 0 Å². The van der Waals surface area contributed by atoms with E-state index in [0.29, 0.717) is 17.5 Å². The summed E-state index contributed by atoms with van der Waals surface area (Å²) in [6.45, 7) is 4.15. The minimum Gasteiger partial charge on any atom is -0.298 e. The number of aryl methyl sites for hydroxylation is 1. The van der Waals surface area contributed by atoms with E-state index >= 15 is 0 Å². The minimum atomic E-state index is 0.183. The van der Waals surface area contributed by atoms with E-state index < -0.39 is 0 Å². The van der Waals surface area contributed by atoms with Gasteiger partial charge in [0.2, 0.25) is 0 Å². The molecule has 1 aliphatic rings. The molecule has 2 heterocycles. The second-order valence-electron chi connectivity index (χ2n) is 4.13. The molecule has 0 spiro atoms. The molecular weight excluding hydrogens is 270 g/mol. The third-order valence-electron chi connectivity index (χ3n) is 2.76. The number of nitrogens with zero attached hydrogens (tertiary/aromatic N) is 1. The number of thiazole rings is 1. The number of carbonyl (C=O) groups excluding carboxylic acids is 1. The highest BCUT2D eigenvalue weighted by Gasteiger charge is 2.31.